The minimum atomic E-state index is -0.176. The number of aromatic nitrogens is 3. The largest absolute Gasteiger partial charge is 0.459 e. The van der Waals surface area contributed by atoms with E-state index in [1.54, 1.807) is 0 Å². The molecule has 0 aliphatic rings. The SMILES string of the molecule is CN(Cc1cc2ccccc2o1)c1nn2c(=O)ccnc2s1. The summed E-state index contributed by atoms with van der Waals surface area (Å²) < 4.78 is 7.12. The molecule has 0 aliphatic carbocycles. The van der Waals surface area contributed by atoms with Crippen LogP contribution in [0.2, 0.25) is 0 Å². The summed E-state index contributed by atoms with van der Waals surface area (Å²) in [4.78, 5) is 18.4. The predicted molar refractivity (Wildman–Crippen MR) is 85.5 cm³/mol. The van der Waals surface area contributed by atoms with E-state index in [-0.39, 0.29) is 5.56 Å². The van der Waals surface area contributed by atoms with Crippen LogP contribution in [0.5, 0.6) is 0 Å². The molecule has 0 N–H and O–H groups in total. The van der Waals surface area contributed by atoms with Crippen molar-refractivity contribution in [3.63, 3.8) is 0 Å². The van der Waals surface area contributed by atoms with E-state index in [0.29, 0.717) is 11.5 Å². The van der Waals surface area contributed by atoms with Gasteiger partial charge in [0.25, 0.3) is 5.56 Å². The summed E-state index contributed by atoms with van der Waals surface area (Å²) in [6, 6.07) is 11.3. The normalized spacial score (nSPS) is 11.3. The Bertz CT molecular complexity index is 984. The molecule has 4 rings (SSSR count). The van der Waals surface area contributed by atoms with Crippen molar-refractivity contribution < 1.29 is 4.42 Å². The van der Waals surface area contributed by atoms with Crippen molar-refractivity contribution in [2.24, 2.45) is 0 Å². The van der Waals surface area contributed by atoms with Crippen molar-refractivity contribution >= 4 is 32.4 Å². The number of fused-ring (bicyclic) bond motifs is 2. The topological polar surface area (TPSA) is 63.6 Å². The van der Waals surface area contributed by atoms with E-state index in [0.717, 1.165) is 21.9 Å². The number of benzene rings is 1. The maximum absolute atomic E-state index is 11.7. The highest BCUT2D eigenvalue weighted by Crippen LogP contribution is 2.24. The molecule has 3 heterocycles. The number of anilines is 1. The molecule has 4 aromatic rings. The molecule has 0 saturated heterocycles. The fraction of sp³-hybridized carbons (Fsp3) is 0.133. The summed E-state index contributed by atoms with van der Waals surface area (Å²) >= 11 is 1.37. The molecule has 0 unspecified atom stereocenters. The lowest BCUT2D eigenvalue weighted by atomic mass is 10.2. The molecule has 0 aliphatic heterocycles. The first-order valence-corrected chi connectivity index (χ1v) is 7.56. The van der Waals surface area contributed by atoms with E-state index in [2.05, 4.69) is 10.1 Å². The molecule has 0 atom stereocenters. The Morgan fingerprint density at radius 3 is 3.00 bits per heavy atom. The quantitative estimate of drug-likeness (QED) is 0.582. The van der Waals surface area contributed by atoms with Crippen LogP contribution in [0.15, 0.2) is 51.8 Å². The number of furan rings is 1. The summed E-state index contributed by atoms with van der Waals surface area (Å²) in [5.41, 5.74) is 0.692. The van der Waals surface area contributed by atoms with Gasteiger partial charge in [-0.05, 0) is 12.1 Å². The highest BCUT2D eigenvalue weighted by Gasteiger charge is 2.12. The molecule has 0 bridgehead atoms. The van der Waals surface area contributed by atoms with Crippen molar-refractivity contribution in [2.45, 2.75) is 6.54 Å². The number of hydrogen-bond donors (Lipinski definition) is 0. The molecular weight excluding hydrogens is 300 g/mol. The summed E-state index contributed by atoms with van der Waals surface area (Å²) in [5, 5.41) is 6.10. The van der Waals surface area contributed by atoms with Gasteiger partial charge < -0.3 is 9.32 Å². The Morgan fingerprint density at radius 2 is 2.18 bits per heavy atom. The van der Waals surface area contributed by atoms with E-state index in [4.69, 9.17) is 4.42 Å². The van der Waals surface area contributed by atoms with Crippen LogP contribution in [0.3, 0.4) is 0 Å². The van der Waals surface area contributed by atoms with E-state index < -0.39 is 0 Å². The van der Waals surface area contributed by atoms with Gasteiger partial charge >= 0.3 is 0 Å². The minimum Gasteiger partial charge on any atom is -0.459 e. The summed E-state index contributed by atoms with van der Waals surface area (Å²) in [6.45, 7) is 0.573. The van der Waals surface area contributed by atoms with Gasteiger partial charge in [0.2, 0.25) is 10.1 Å². The van der Waals surface area contributed by atoms with Crippen LogP contribution in [0, 0.1) is 0 Å². The first-order chi connectivity index (χ1) is 10.7. The van der Waals surface area contributed by atoms with Gasteiger partial charge in [0.15, 0.2) is 0 Å². The molecule has 1 aromatic carbocycles. The van der Waals surface area contributed by atoms with Crippen LogP contribution in [0.25, 0.3) is 15.9 Å². The van der Waals surface area contributed by atoms with Crippen molar-refractivity contribution in [2.75, 3.05) is 11.9 Å². The van der Waals surface area contributed by atoms with Gasteiger partial charge in [-0.25, -0.2) is 4.98 Å². The predicted octanol–water partition coefficient (Wildman–Crippen LogP) is 2.53. The first kappa shape index (κ1) is 13.0. The average molecular weight is 312 g/mol. The Labute approximate surface area is 129 Å². The summed E-state index contributed by atoms with van der Waals surface area (Å²) in [5.74, 6) is 0.850. The fourth-order valence-electron chi connectivity index (χ4n) is 2.30. The van der Waals surface area contributed by atoms with Crippen LogP contribution >= 0.6 is 11.3 Å². The molecule has 0 amide bonds. The maximum Gasteiger partial charge on any atom is 0.275 e. The lowest BCUT2D eigenvalue weighted by Crippen LogP contribution is -2.17. The van der Waals surface area contributed by atoms with Crippen molar-refractivity contribution in [1.29, 1.82) is 0 Å². The fourth-order valence-corrected chi connectivity index (χ4v) is 3.14. The highest BCUT2D eigenvalue weighted by molar-refractivity contribution is 7.20. The molecule has 0 saturated carbocycles. The van der Waals surface area contributed by atoms with E-state index >= 15 is 0 Å². The van der Waals surface area contributed by atoms with Crippen molar-refractivity contribution in [1.82, 2.24) is 14.6 Å². The van der Waals surface area contributed by atoms with Gasteiger partial charge in [-0.15, -0.1) is 5.10 Å². The number of hydrogen-bond acceptors (Lipinski definition) is 6. The van der Waals surface area contributed by atoms with E-state index in [9.17, 15) is 4.79 Å². The molecule has 0 fully saturated rings. The van der Waals surface area contributed by atoms with Gasteiger partial charge in [-0.1, -0.05) is 29.5 Å². The Balaban J connectivity index is 1.66. The highest BCUT2D eigenvalue weighted by atomic mass is 32.1. The molecule has 110 valence electrons. The first-order valence-electron chi connectivity index (χ1n) is 6.74. The van der Waals surface area contributed by atoms with Crippen molar-refractivity contribution in [3.8, 4) is 0 Å². The summed E-state index contributed by atoms with van der Waals surface area (Å²) in [6.07, 6.45) is 1.50. The van der Waals surface area contributed by atoms with Gasteiger partial charge in [-0.2, -0.15) is 4.52 Å². The third-order valence-electron chi connectivity index (χ3n) is 3.36. The second kappa shape index (κ2) is 4.96. The number of nitrogens with zero attached hydrogens (tertiary/aromatic N) is 4. The van der Waals surface area contributed by atoms with Crippen LogP contribution in [-0.4, -0.2) is 21.6 Å². The zero-order valence-electron chi connectivity index (χ0n) is 11.8. The molecule has 6 nitrogen and oxygen atoms in total. The molecule has 22 heavy (non-hydrogen) atoms. The maximum atomic E-state index is 11.7. The summed E-state index contributed by atoms with van der Waals surface area (Å²) in [7, 11) is 1.91. The molecule has 0 spiro atoms. The Morgan fingerprint density at radius 1 is 1.32 bits per heavy atom. The average Bonchev–Trinajstić information content (AvgIpc) is 3.10. The van der Waals surface area contributed by atoms with Gasteiger partial charge in [-0.3, -0.25) is 4.79 Å². The Kier molecular flexibility index (Phi) is 2.93. The van der Waals surface area contributed by atoms with Crippen LogP contribution < -0.4 is 10.5 Å². The standard InChI is InChI=1S/C15H12N4O2S/c1-18(9-11-8-10-4-2-3-5-12(10)21-11)15-17-19-13(20)6-7-16-14(19)22-15/h2-8H,9H2,1H3. The third kappa shape index (κ3) is 2.15. The lowest BCUT2D eigenvalue weighted by Gasteiger charge is -2.12. The second-order valence-corrected chi connectivity index (χ2v) is 5.90. The molecule has 0 radical (unpaired) electrons. The van der Waals surface area contributed by atoms with Gasteiger partial charge in [0.05, 0.1) is 6.54 Å². The Hall–Kier alpha value is -2.67. The zero-order valence-corrected chi connectivity index (χ0v) is 12.6. The number of rotatable bonds is 3. The van der Waals surface area contributed by atoms with Crippen LogP contribution in [0.1, 0.15) is 5.76 Å². The van der Waals surface area contributed by atoms with Crippen LogP contribution in [-0.2, 0) is 6.54 Å². The minimum absolute atomic E-state index is 0.176. The molecular formula is C15H12N4O2S. The monoisotopic (exact) mass is 312 g/mol. The smallest absolute Gasteiger partial charge is 0.275 e. The van der Waals surface area contributed by atoms with Gasteiger partial charge in [0.1, 0.15) is 11.3 Å². The lowest BCUT2D eigenvalue weighted by molar-refractivity contribution is 0.545. The number of para-hydroxylation sites is 1. The molecule has 3 aromatic heterocycles. The van der Waals surface area contributed by atoms with E-state index in [1.165, 1.54) is 28.1 Å². The zero-order chi connectivity index (χ0) is 15.1. The van der Waals surface area contributed by atoms with Gasteiger partial charge in [0, 0.05) is 24.7 Å². The third-order valence-corrected chi connectivity index (χ3v) is 4.39. The van der Waals surface area contributed by atoms with E-state index in [1.807, 2.05) is 42.3 Å². The second-order valence-electron chi connectivity index (χ2n) is 4.97. The van der Waals surface area contributed by atoms with Crippen LogP contribution in [0.4, 0.5) is 5.13 Å². The van der Waals surface area contributed by atoms with Crippen molar-refractivity contribution in [3.05, 3.63) is 58.7 Å². The molecule has 7 heteroatoms.